The molecule has 1 aromatic heterocycles. The minimum Gasteiger partial charge on any atom is -0.490 e. The van der Waals surface area contributed by atoms with Crippen LogP contribution in [0.4, 0.5) is 5.69 Å². The van der Waals surface area contributed by atoms with Crippen LogP contribution in [-0.2, 0) is 11.3 Å². The molecule has 7 heteroatoms. The van der Waals surface area contributed by atoms with E-state index in [2.05, 4.69) is 16.5 Å². The van der Waals surface area contributed by atoms with Crippen molar-refractivity contribution in [2.45, 2.75) is 26.8 Å². The van der Waals surface area contributed by atoms with Gasteiger partial charge in [0.2, 0.25) is 5.91 Å². The zero-order chi connectivity index (χ0) is 23.7. The summed E-state index contributed by atoms with van der Waals surface area (Å²) < 4.78 is 12.6. The standard InChI is InChI=1S/C27H25N3O4/c1-17-8-9-18(2)22(14-17)26-20-6-3-4-7-21(20)27(32)30(29-26)16-25(31)28-19-10-11-23-24(15-19)34-13-5-12-33-23/h3-4,6-11,14-15H,5,12-13,16H2,1-2H3,(H,28,31). The number of hydrogen-bond acceptors (Lipinski definition) is 5. The second-order valence-corrected chi connectivity index (χ2v) is 8.44. The normalized spacial score (nSPS) is 12.9. The largest absolute Gasteiger partial charge is 0.490 e. The van der Waals surface area contributed by atoms with Crippen molar-refractivity contribution >= 4 is 22.4 Å². The predicted molar refractivity (Wildman–Crippen MR) is 132 cm³/mol. The predicted octanol–water partition coefficient (Wildman–Crippen LogP) is 4.48. The third-order valence-corrected chi connectivity index (χ3v) is 5.84. The average molecular weight is 456 g/mol. The maximum absolute atomic E-state index is 13.2. The van der Waals surface area contributed by atoms with Gasteiger partial charge < -0.3 is 14.8 Å². The first-order valence-corrected chi connectivity index (χ1v) is 11.3. The van der Waals surface area contributed by atoms with Crippen LogP contribution in [0.5, 0.6) is 11.5 Å². The Kier molecular flexibility index (Phi) is 5.76. The highest BCUT2D eigenvalue weighted by Crippen LogP contribution is 2.32. The van der Waals surface area contributed by atoms with Crippen LogP contribution in [0.3, 0.4) is 0 Å². The summed E-state index contributed by atoms with van der Waals surface area (Å²) >= 11 is 0. The summed E-state index contributed by atoms with van der Waals surface area (Å²) in [5.74, 6) is 0.890. The molecule has 0 aliphatic carbocycles. The highest BCUT2D eigenvalue weighted by molar-refractivity contribution is 5.95. The average Bonchev–Trinajstić information content (AvgIpc) is 3.08. The van der Waals surface area contributed by atoms with E-state index in [-0.39, 0.29) is 18.0 Å². The highest BCUT2D eigenvalue weighted by atomic mass is 16.5. The number of hydrogen-bond donors (Lipinski definition) is 1. The maximum Gasteiger partial charge on any atom is 0.275 e. The topological polar surface area (TPSA) is 82.5 Å². The first-order valence-electron chi connectivity index (χ1n) is 11.3. The molecule has 0 saturated heterocycles. The Morgan fingerprint density at radius 2 is 1.74 bits per heavy atom. The Hall–Kier alpha value is -4.13. The molecule has 172 valence electrons. The number of carbonyl (C=O) groups excluding carboxylic acids is 1. The molecule has 0 bridgehead atoms. The minimum atomic E-state index is -0.355. The summed E-state index contributed by atoms with van der Waals surface area (Å²) in [6.07, 6.45) is 0.801. The molecule has 0 fully saturated rings. The van der Waals surface area contributed by atoms with Crippen LogP contribution < -0.4 is 20.3 Å². The summed E-state index contributed by atoms with van der Waals surface area (Å²) in [5, 5.41) is 8.77. The lowest BCUT2D eigenvalue weighted by molar-refractivity contribution is -0.117. The quantitative estimate of drug-likeness (QED) is 0.491. The van der Waals surface area contributed by atoms with Gasteiger partial charge in [-0.15, -0.1) is 0 Å². The monoisotopic (exact) mass is 455 g/mol. The fourth-order valence-corrected chi connectivity index (χ4v) is 4.11. The van der Waals surface area contributed by atoms with Gasteiger partial charge in [0.1, 0.15) is 6.54 Å². The lowest BCUT2D eigenvalue weighted by atomic mass is 9.99. The lowest BCUT2D eigenvalue weighted by Crippen LogP contribution is -2.30. The summed E-state index contributed by atoms with van der Waals surface area (Å²) in [4.78, 5) is 26.1. The Balaban J connectivity index is 1.49. The van der Waals surface area contributed by atoms with Crippen molar-refractivity contribution in [3.05, 3.63) is 82.1 Å². The molecule has 0 radical (unpaired) electrons. The number of anilines is 1. The fraction of sp³-hybridized carbons (Fsp3) is 0.222. The van der Waals surface area contributed by atoms with Crippen LogP contribution in [0, 0.1) is 13.8 Å². The van der Waals surface area contributed by atoms with Gasteiger partial charge in [-0.1, -0.05) is 35.9 Å². The van der Waals surface area contributed by atoms with Crippen molar-refractivity contribution in [2.75, 3.05) is 18.5 Å². The zero-order valence-electron chi connectivity index (χ0n) is 19.1. The van der Waals surface area contributed by atoms with Gasteiger partial charge in [0.15, 0.2) is 11.5 Å². The number of ether oxygens (including phenoxy) is 2. The number of fused-ring (bicyclic) bond motifs is 2. The van der Waals surface area contributed by atoms with E-state index in [1.165, 1.54) is 4.68 Å². The van der Waals surface area contributed by atoms with Crippen LogP contribution in [0.25, 0.3) is 22.0 Å². The summed E-state index contributed by atoms with van der Waals surface area (Å²) in [6, 6.07) is 18.8. The summed E-state index contributed by atoms with van der Waals surface area (Å²) in [5.41, 5.74) is 4.02. The Labute approximate surface area is 196 Å². The van der Waals surface area contributed by atoms with E-state index in [4.69, 9.17) is 9.47 Å². The van der Waals surface area contributed by atoms with Gasteiger partial charge in [0, 0.05) is 29.1 Å². The number of carbonyl (C=O) groups is 1. The van der Waals surface area contributed by atoms with Gasteiger partial charge in [-0.3, -0.25) is 9.59 Å². The van der Waals surface area contributed by atoms with E-state index in [9.17, 15) is 9.59 Å². The van der Waals surface area contributed by atoms with Gasteiger partial charge >= 0.3 is 0 Å². The van der Waals surface area contributed by atoms with E-state index >= 15 is 0 Å². The zero-order valence-corrected chi connectivity index (χ0v) is 19.1. The molecule has 1 N–H and O–H groups in total. The van der Waals surface area contributed by atoms with E-state index < -0.39 is 0 Å². The Morgan fingerprint density at radius 3 is 2.56 bits per heavy atom. The van der Waals surface area contributed by atoms with E-state index in [0.29, 0.717) is 41.5 Å². The van der Waals surface area contributed by atoms with Gasteiger partial charge in [-0.05, 0) is 43.7 Å². The molecule has 0 atom stereocenters. The first-order chi connectivity index (χ1) is 16.5. The number of aryl methyl sites for hydroxylation is 2. The third kappa shape index (κ3) is 4.24. The van der Waals surface area contributed by atoms with Crippen LogP contribution in [0.1, 0.15) is 17.5 Å². The minimum absolute atomic E-state index is 0.212. The number of rotatable bonds is 4. The number of nitrogens with one attached hydrogen (secondary N) is 1. The summed E-state index contributed by atoms with van der Waals surface area (Å²) in [6.45, 7) is 4.97. The van der Waals surface area contributed by atoms with Crippen molar-refractivity contribution in [1.29, 1.82) is 0 Å². The van der Waals surface area contributed by atoms with Crippen LogP contribution in [0.2, 0.25) is 0 Å². The molecular weight excluding hydrogens is 430 g/mol. The fourth-order valence-electron chi connectivity index (χ4n) is 4.11. The number of benzene rings is 3. The molecule has 4 aromatic rings. The van der Waals surface area contributed by atoms with Crippen LogP contribution in [-0.4, -0.2) is 28.9 Å². The van der Waals surface area contributed by atoms with Gasteiger partial charge in [0.05, 0.1) is 24.3 Å². The molecule has 34 heavy (non-hydrogen) atoms. The maximum atomic E-state index is 13.2. The molecule has 3 aromatic carbocycles. The molecule has 5 rings (SSSR count). The van der Waals surface area contributed by atoms with Crippen molar-refractivity contribution in [2.24, 2.45) is 0 Å². The van der Waals surface area contributed by atoms with Gasteiger partial charge in [0.25, 0.3) is 5.56 Å². The SMILES string of the molecule is Cc1ccc(C)c(-c2nn(CC(=O)Nc3ccc4c(c3)OCCCO4)c(=O)c3ccccc23)c1. The van der Waals surface area contributed by atoms with E-state index in [1.807, 2.05) is 44.2 Å². The van der Waals surface area contributed by atoms with Crippen LogP contribution >= 0.6 is 0 Å². The Morgan fingerprint density at radius 1 is 0.971 bits per heavy atom. The molecule has 0 unspecified atom stereocenters. The third-order valence-electron chi connectivity index (χ3n) is 5.84. The Bertz CT molecular complexity index is 1460. The van der Waals surface area contributed by atoms with Crippen molar-refractivity contribution in [1.82, 2.24) is 9.78 Å². The molecule has 1 aliphatic heterocycles. The second-order valence-electron chi connectivity index (χ2n) is 8.44. The molecule has 1 amide bonds. The number of amides is 1. The molecule has 1 aliphatic rings. The highest BCUT2D eigenvalue weighted by Gasteiger charge is 2.17. The van der Waals surface area contributed by atoms with E-state index in [1.54, 1.807) is 24.3 Å². The molecular formula is C27H25N3O4. The molecule has 2 heterocycles. The van der Waals surface area contributed by atoms with Crippen molar-refractivity contribution in [3.8, 4) is 22.8 Å². The van der Waals surface area contributed by atoms with Crippen molar-refractivity contribution in [3.63, 3.8) is 0 Å². The van der Waals surface area contributed by atoms with Gasteiger partial charge in [-0.25, -0.2) is 4.68 Å². The molecule has 7 nitrogen and oxygen atoms in total. The van der Waals surface area contributed by atoms with E-state index in [0.717, 1.165) is 28.5 Å². The number of aromatic nitrogens is 2. The lowest BCUT2D eigenvalue weighted by Gasteiger charge is -2.14. The summed E-state index contributed by atoms with van der Waals surface area (Å²) in [7, 11) is 0. The second kappa shape index (κ2) is 9.02. The molecule has 0 spiro atoms. The van der Waals surface area contributed by atoms with Crippen molar-refractivity contribution < 1.29 is 14.3 Å². The van der Waals surface area contributed by atoms with Gasteiger partial charge in [-0.2, -0.15) is 5.10 Å². The molecule has 0 saturated carbocycles. The first kappa shape index (κ1) is 21.7. The smallest absolute Gasteiger partial charge is 0.275 e. The van der Waals surface area contributed by atoms with Crippen LogP contribution in [0.15, 0.2) is 65.5 Å². The number of nitrogens with zero attached hydrogens (tertiary/aromatic N) is 2.